The molecule has 1 spiro atoms. The normalized spacial score (nSPS) is 21.9. The zero-order valence-electron chi connectivity index (χ0n) is 13.7. The first-order valence-corrected chi connectivity index (χ1v) is 8.39. The molecule has 1 atom stereocenters. The number of amides is 2. The smallest absolute Gasteiger partial charge is 0.230 e. The second-order valence-corrected chi connectivity index (χ2v) is 6.91. The maximum atomic E-state index is 13.1. The third kappa shape index (κ3) is 3.39. The van der Waals surface area contributed by atoms with Crippen molar-refractivity contribution in [2.24, 2.45) is 17.1 Å². The minimum atomic E-state index is -0.372. The van der Waals surface area contributed by atoms with Crippen LogP contribution in [0.2, 0.25) is 0 Å². The van der Waals surface area contributed by atoms with Crippen molar-refractivity contribution < 1.29 is 9.59 Å². The standard InChI is InChI=1S/C18H25N3O2/c1-13-3-2-4-14(11-13)21(10-5-16(19)22)17(23)15-12-18(15)6-8-20-9-7-18/h2-4,11,15,20H,5-10,12H2,1H3,(H2,19,22). The van der Waals surface area contributed by atoms with Gasteiger partial charge in [0.2, 0.25) is 11.8 Å². The molecule has 23 heavy (non-hydrogen) atoms. The van der Waals surface area contributed by atoms with Crippen LogP contribution in [0.4, 0.5) is 5.69 Å². The maximum absolute atomic E-state index is 13.1. The molecule has 2 fully saturated rings. The van der Waals surface area contributed by atoms with Gasteiger partial charge in [0.05, 0.1) is 0 Å². The molecule has 5 heteroatoms. The Morgan fingerprint density at radius 3 is 2.74 bits per heavy atom. The quantitative estimate of drug-likeness (QED) is 0.866. The highest BCUT2D eigenvalue weighted by atomic mass is 16.2. The summed E-state index contributed by atoms with van der Waals surface area (Å²) in [5, 5.41) is 3.36. The van der Waals surface area contributed by atoms with E-state index in [1.54, 1.807) is 4.90 Å². The third-order valence-electron chi connectivity index (χ3n) is 5.25. The molecule has 0 aromatic heterocycles. The van der Waals surface area contributed by atoms with E-state index in [1.807, 2.05) is 31.2 Å². The number of aryl methyl sites for hydroxylation is 1. The van der Waals surface area contributed by atoms with Crippen LogP contribution in [-0.2, 0) is 9.59 Å². The van der Waals surface area contributed by atoms with Crippen LogP contribution in [0.3, 0.4) is 0 Å². The summed E-state index contributed by atoms with van der Waals surface area (Å²) >= 11 is 0. The number of anilines is 1. The van der Waals surface area contributed by atoms with Crippen molar-refractivity contribution in [1.82, 2.24) is 5.32 Å². The van der Waals surface area contributed by atoms with E-state index < -0.39 is 0 Å². The number of rotatable bonds is 5. The lowest BCUT2D eigenvalue weighted by atomic mass is 9.91. The topological polar surface area (TPSA) is 75.4 Å². The monoisotopic (exact) mass is 315 g/mol. The largest absolute Gasteiger partial charge is 0.370 e. The zero-order chi connectivity index (χ0) is 16.4. The van der Waals surface area contributed by atoms with Crippen molar-refractivity contribution in [3.05, 3.63) is 29.8 Å². The van der Waals surface area contributed by atoms with Crippen molar-refractivity contribution in [1.29, 1.82) is 0 Å². The van der Waals surface area contributed by atoms with Crippen LogP contribution in [0.5, 0.6) is 0 Å². The molecule has 1 aliphatic heterocycles. The Morgan fingerprint density at radius 2 is 2.09 bits per heavy atom. The molecular formula is C18H25N3O2. The lowest BCUT2D eigenvalue weighted by Crippen LogP contribution is -2.38. The summed E-state index contributed by atoms with van der Waals surface area (Å²) in [5.41, 5.74) is 7.45. The van der Waals surface area contributed by atoms with Gasteiger partial charge in [0.1, 0.15) is 0 Å². The predicted molar refractivity (Wildman–Crippen MR) is 90.0 cm³/mol. The van der Waals surface area contributed by atoms with Crippen LogP contribution in [0.25, 0.3) is 0 Å². The van der Waals surface area contributed by atoms with Gasteiger partial charge in [-0.25, -0.2) is 0 Å². The number of nitrogens with zero attached hydrogens (tertiary/aromatic N) is 1. The Hall–Kier alpha value is -1.88. The molecule has 1 aromatic rings. The number of benzene rings is 1. The molecule has 2 amide bonds. The van der Waals surface area contributed by atoms with E-state index in [1.165, 1.54) is 0 Å². The summed E-state index contributed by atoms with van der Waals surface area (Å²) in [6.45, 7) is 4.36. The van der Waals surface area contributed by atoms with Gasteiger partial charge in [0.25, 0.3) is 0 Å². The van der Waals surface area contributed by atoms with Crippen LogP contribution < -0.4 is 16.0 Å². The summed E-state index contributed by atoms with van der Waals surface area (Å²) in [6, 6.07) is 7.88. The van der Waals surface area contributed by atoms with Gasteiger partial charge in [-0.05, 0) is 62.4 Å². The second-order valence-electron chi connectivity index (χ2n) is 6.91. The molecule has 1 aromatic carbocycles. The van der Waals surface area contributed by atoms with Crippen LogP contribution in [-0.4, -0.2) is 31.4 Å². The number of primary amides is 1. The summed E-state index contributed by atoms with van der Waals surface area (Å²) in [7, 11) is 0. The Kier molecular flexibility index (Phi) is 4.39. The summed E-state index contributed by atoms with van der Waals surface area (Å²) in [5.74, 6) is -0.125. The third-order valence-corrected chi connectivity index (χ3v) is 5.25. The molecule has 1 aliphatic carbocycles. The highest BCUT2D eigenvalue weighted by Gasteiger charge is 2.58. The van der Waals surface area contributed by atoms with E-state index in [0.29, 0.717) is 6.54 Å². The zero-order valence-corrected chi connectivity index (χ0v) is 13.7. The average Bonchev–Trinajstić information content (AvgIpc) is 3.21. The summed E-state index contributed by atoms with van der Waals surface area (Å²) < 4.78 is 0. The first-order valence-electron chi connectivity index (χ1n) is 8.39. The van der Waals surface area contributed by atoms with Crippen LogP contribution in [0.15, 0.2) is 24.3 Å². The summed E-state index contributed by atoms with van der Waals surface area (Å²) in [4.78, 5) is 26.0. The van der Waals surface area contributed by atoms with Gasteiger partial charge in [-0.1, -0.05) is 12.1 Å². The van der Waals surface area contributed by atoms with Gasteiger partial charge in [0.15, 0.2) is 0 Å². The van der Waals surface area contributed by atoms with E-state index >= 15 is 0 Å². The fraction of sp³-hybridized carbons (Fsp3) is 0.556. The number of carbonyl (C=O) groups is 2. The molecule has 3 N–H and O–H groups in total. The Balaban J connectivity index is 1.78. The van der Waals surface area contributed by atoms with E-state index in [2.05, 4.69) is 5.32 Å². The number of nitrogens with one attached hydrogen (secondary N) is 1. The van der Waals surface area contributed by atoms with Gasteiger partial charge < -0.3 is 16.0 Å². The van der Waals surface area contributed by atoms with Gasteiger partial charge in [-0.3, -0.25) is 9.59 Å². The number of carbonyl (C=O) groups excluding carboxylic acids is 2. The molecule has 1 saturated heterocycles. The average molecular weight is 315 g/mol. The van der Waals surface area contributed by atoms with Crippen molar-refractivity contribution in [2.45, 2.75) is 32.6 Å². The fourth-order valence-electron chi connectivity index (χ4n) is 3.75. The lowest BCUT2D eigenvalue weighted by Gasteiger charge is -2.27. The van der Waals surface area contributed by atoms with Gasteiger partial charge in [-0.15, -0.1) is 0 Å². The molecule has 1 unspecified atom stereocenters. The van der Waals surface area contributed by atoms with E-state index in [-0.39, 0.29) is 29.6 Å². The molecule has 5 nitrogen and oxygen atoms in total. The van der Waals surface area contributed by atoms with Crippen LogP contribution >= 0.6 is 0 Å². The number of hydrogen-bond acceptors (Lipinski definition) is 3. The number of piperidine rings is 1. The second kappa shape index (κ2) is 6.32. The molecule has 0 bridgehead atoms. The Labute approximate surface area is 137 Å². The highest BCUT2D eigenvalue weighted by Crippen LogP contribution is 2.59. The molecule has 1 heterocycles. The van der Waals surface area contributed by atoms with Gasteiger partial charge in [0, 0.05) is 24.6 Å². The Bertz CT molecular complexity index is 608. The maximum Gasteiger partial charge on any atom is 0.230 e. The summed E-state index contributed by atoms with van der Waals surface area (Å²) in [6.07, 6.45) is 3.31. The lowest BCUT2D eigenvalue weighted by molar-refractivity contribution is -0.121. The number of hydrogen-bond donors (Lipinski definition) is 2. The van der Waals surface area contributed by atoms with E-state index in [4.69, 9.17) is 5.73 Å². The molecule has 0 radical (unpaired) electrons. The van der Waals surface area contributed by atoms with Gasteiger partial charge in [-0.2, -0.15) is 0 Å². The fourth-order valence-corrected chi connectivity index (χ4v) is 3.75. The first-order chi connectivity index (χ1) is 11.0. The van der Waals surface area contributed by atoms with E-state index in [9.17, 15) is 9.59 Å². The highest BCUT2D eigenvalue weighted by molar-refractivity contribution is 5.98. The van der Waals surface area contributed by atoms with Crippen molar-refractivity contribution in [3.63, 3.8) is 0 Å². The minimum Gasteiger partial charge on any atom is -0.370 e. The predicted octanol–water partition coefficient (Wildman–Crippen LogP) is 1.59. The molecule has 2 aliphatic rings. The van der Waals surface area contributed by atoms with Gasteiger partial charge >= 0.3 is 0 Å². The van der Waals surface area contributed by atoms with Crippen LogP contribution in [0, 0.1) is 18.3 Å². The molecule has 3 rings (SSSR count). The first kappa shape index (κ1) is 16.0. The van der Waals surface area contributed by atoms with Crippen molar-refractivity contribution in [3.8, 4) is 0 Å². The molecule has 124 valence electrons. The number of nitrogens with two attached hydrogens (primary N) is 1. The molecule has 1 saturated carbocycles. The van der Waals surface area contributed by atoms with E-state index in [0.717, 1.165) is 43.6 Å². The Morgan fingerprint density at radius 1 is 1.35 bits per heavy atom. The van der Waals surface area contributed by atoms with Crippen LogP contribution in [0.1, 0.15) is 31.2 Å². The minimum absolute atomic E-state index is 0.0954. The SMILES string of the molecule is Cc1cccc(N(CCC(N)=O)C(=O)C2CC23CCNCC3)c1. The molecular weight excluding hydrogens is 290 g/mol. The van der Waals surface area contributed by atoms with Crippen molar-refractivity contribution in [2.75, 3.05) is 24.5 Å². The van der Waals surface area contributed by atoms with Crippen molar-refractivity contribution >= 4 is 17.5 Å².